The van der Waals surface area contributed by atoms with Crippen LogP contribution in [0.3, 0.4) is 0 Å². The third-order valence-corrected chi connectivity index (χ3v) is 2.65. The molecule has 1 rings (SSSR count). The van der Waals surface area contributed by atoms with Gasteiger partial charge in [0.1, 0.15) is 11.6 Å². The van der Waals surface area contributed by atoms with E-state index in [-0.39, 0.29) is 17.0 Å². The van der Waals surface area contributed by atoms with Crippen LogP contribution in [0.1, 0.15) is 45.0 Å². The van der Waals surface area contributed by atoms with Crippen molar-refractivity contribution >= 4 is 11.9 Å². The second kappa shape index (κ2) is 6.56. The summed E-state index contributed by atoms with van der Waals surface area (Å²) in [6, 6.07) is 1.89. The van der Waals surface area contributed by atoms with Crippen LogP contribution in [-0.2, 0) is 9.53 Å². The van der Waals surface area contributed by atoms with Gasteiger partial charge in [0, 0.05) is 17.8 Å². The Bertz CT molecular complexity index is 570. The first-order valence-corrected chi connectivity index (χ1v) is 6.82. The molecular weight excluding hydrogens is 272 g/mol. The molecule has 6 nitrogen and oxygen atoms in total. The third kappa shape index (κ3) is 5.41. The van der Waals surface area contributed by atoms with Gasteiger partial charge in [0.2, 0.25) is 5.56 Å². The molecule has 1 amide bonds. The Kier molecular flexibility index (Phi) is 5.29. The van der Waals surface area contributed by atoms with E-state index in [0.717, 1.165) is 0 Å². The number of aromatic nitrogens is 1. The number of pyridine rings is 1. The van der Waals surface area contributed by atoms with Gasteiger partial charge < -0.3 is 15.0 Å². The van der Waals surface area contributed by atoms with Gasteiger partial charge in [-0.05, 0) is 32.8 Å². The highest BCUT2D eigenvalue weighted by Gasteiger charge is 2.29. The molecule has 2 N–H and O–H groups in total. The highest BCUT2D eigenvalue weighted by molar-refractivity contribution is 5.96. The summed E-state index contributed by atoms with van der Waals surface area (Å²) in [6.07, 6.45) is 1.38. The average Bonchev–Trinajstić information content (AvgIpc) is 2.32. The summed E-state index contributed by atoms with van der Waals surface area (Å²) in [7, 11) is 0. The van der Waals surface area contributed by atoms with Crippen LogP contribution in [0.15, 0.2) is 23.1 Å². The Balaban J connectivity index is 2.86. The van der Waals surface area contributed by atoms with E-state index < -0.39 is 23.5 Å². The maximum atomic E-state index is 12.1. The first-order chi connectivity index (χ1) is 9.60. The third-order valence-electron chi connectivity index (χ3n) is 2.65. The molecule has 0 radical (unpaired) electrons. The molecule has 0 aliphatic rings. The van der Waals surface area contributed by atoms with Crippen molar-refractivity contribution in [2.75, 3.05) is 0 Å². The zero-order valence-electron chi connectivity index (χ0n) is 13.0. The molecule has 6 heteroatoms. The SMILES string of the molecule is CC(C)[C@@H](NC(=O)c1cc[nH]c(=O)c1)C(=O)OC(C)(C)C. The second-order valence-electron chi connectivity index (χ2n) is 6.17. The molecule has 0 bridgehead atoms. The highest BCUT2D eigenvalue weighted by atomic mass is 16.6. The van der Waals surface area contributed by atoms with Gasteiger partial charge in [-0.15, -0.1) is 0 Å². The van der Waals surface area contributed by atoms with Crippen molar-refractivity contribution in [3.63, 3.8) is 0 Å². The fraction of sp³-hybridized carbons (Fsp3) is 0.533. The summed E-state index contributed by atoms with van der Waals surface area (Å²) < 4.78 is 5.30. The number of carbonyl (C=O) groups is 2. The molecule has 0 unspecified atom stereocenters. The average molecular weight is 294 g/mol. The lowest BCUT2D eigenvalue weighted by atomic mass is 10.0. The highest BCUT2D eigenvalue weighted by Crippen LogP contribution is 2.12. The molecule has 0 spiro atoms. The number of amides is 1. The van der Waals surface area contributed by atoms with Gasteiger partial charge >= 0.3 is 5.97 Å². The molecule has 0 saturated carbocycles. The Hall–Kier alpha value is -2.11. The zero-order chi connectivity index (χ0) is 16.2. The lowest BCUT2D eigenvalue weighted by Crippen LogP contribution is -2.47. The molecule has 0 aromatic carbocycles. The van der Waals surface area contributed by atoms with E-state index in [4.69, 9.17) is 4.74 Å². The topological polar surface area (TPSA) is 88.3 Å². The van der Waals surface area contributed by atoms with Crippen molar-refractivity contribution in [1.82, 2.24) is 10.3 Å². The smallest absolute Gasteiger partial charge is 0.329 e. The molecule has 1 heterocycles. The number of ether oxygens (including phenoxy) is 1. The van der Waals surface area contributed by atoms with Crippen LogP contribution in [0.25, 0.3) is 0 Å². The maximum Gasteiger partial charge on any atom is 0.329 e. The van der Waals surface area contributed by atoms with Crippen LogP contribution in [0.4, 0.5) is 0 Å². The molecule has 116 valence electrons. The summed E-state index contributed by atoms with van der Waals surface area (Å²) in [5.74, 6) is -1.10. The Morgan fingerprint density at radius 2 is 1.90 bits per heavy atom. The maximum absolute atomic E-state index is 12.1. The Labute approximate surface area is 123 Å². The van der Waals surface area contributed by atoms with Gasteiger partial charge in [0.25, 0.3) is 5.91 Å². The van der Waals surface area contributed by atoms with E-state index in [1.165, 1.54) is 18.3 Å². The van der Waals surface area contributed by atoms with Crippen LogP contribution in [0.5, 0.6) is 0 Å². The summed E-state index contributed by atoms with van der Waals surface area (Å²) >= 11 is 0. The van der Waals surface area contributed by atoms with Crippen LogP contribution < -0.4 is 10.9 Å². The van der Waals surface area contributed by atoms with Gasteiger partial charge in [-0.3, -0.25) is 9.59 Å². The second-order valence-corrected chi connectivity index (χ2v) is 6.17. The number of nitrogens with one attached hydrogen (secondary N) is 2. The minimum Gasteiger partial charge on any atom is -0.458 e. The Morgan fingerprint density at radius 3 is 2.38 bits per heavy atom. The predicted molar refractivity (Wildman–Crippen MR) is 79.0 cm³/mol. The molecule has 1 atom stereocenters. The van der Waals surface area contributed by atoms with Crippen LogP contribution in [0, 0.1) is 5.92 Å². The lowest BCUT2D eigenvalue weighted by Gasteiger charge is -2.26. The van der Waals surface area contributed by atoms with Crippen molar-refractivity contribution in [2.24, 2.45) is 5.92 Å². The van der Waals surface area contributed by atoms with Crippen molar-refractivity contribution in [1.29, 1.82) is 0 Å². The van der Waals surface area contributed by atoms with E-state index >= 15 is 0 Å². The first-order valence-electron chi connectivity index (χ1n) is 6.82. The van der Waals surface area contributed by atoms with Crippen molar-refractivity contribution in [2.45, 2.75) is 46.3 Å². The van der Waals surface area contributed by atoms with Gasteiger partial charge in [-0.25, -0.2) is 4.79 Å². The number of aromatic amines is 1. The van der Waals surface area contributed by atoms with Crippen LogP contribution in [-0.4, -0.2) is 28.5 Å². The molecule has 0 aliphatic heterocycles. The quantitative estimate of drug-likeness (QED) is 0.823. The van der Waals surface area contributed by atoms with Crippen LogP contribution >= 0.6 is 0 Å². The van der Waals surface area contributed by atoms with E-state index in [1.807, 2.05) is 13.8 Å². The number of esters is 1. The minimum absolute atomic E-state index is 0.134. The van der Waals surface area contributed by atoms with E-state index in [0.29, 0.717) is 0 Å². The van der Waals surface area contributed by atoms with Gasteiger partial charge in [0.05, 0.1) is 0 Å². The number of hydrogen-bond acceptors (Lipinski definition) is 4. The fourth-order valence-corrected chi connectivity index (χ4v) is 1.67. The van der Waals surface area contributed by atoms with Gasteiger partial charge in [-0.2, -0.15) is 0 Å². The molecule has 0 fully saturated rings. The van der Waals surface area contributed by atoms with Crippen molar-refractivity contribution in [3.8, 4) is 0 Å². The summed E-state index contributed by atoms with van der Waals surface area (Å²) in [5.41, 5.74) is -0.798. The summed E-state index contributed by atoms with van der Waals surface area (Å²) in [5, 5.41) is 2.62. The van der Waals surface area contributed by atoms with Crippen molar-refractivity contribution in [3.05, 3.63) is 34.2 Å². The standard InChI is InChI=1S/C15H22N2O4/c1-9(2)12(14(20)21-15(3,4)5)17-13(19)10-6-7-16-11(18)8-10/h6-9,12H,1-5H3,(H,16,18)(H,17,19)/t12-/m1/s1. The lowest BCUT2D eigenvalue weighted by molar-refractivity contribution is -0.158. The predicted octanol–water partition coefficient (Wildman–Crippen LogP) is 1.47. The zero-order valence-corrected chi connectivity index (χ0v) is 13.0. The largest absolute Gasteiger partial charge is 0.458 e. The van der Waals surface area contributed by atoms with E-state index in [1.54, 1.807) is 20.8 Å². The normalized spacial score (nSPS) is 12.9. The van der Waals surface area contributed by atoms with Crippen molar-refractivity contribution < 1.29 is 14.3 Å². The molecule has 1 aromatic rings. The van der Waals surface area contributed by atoms with Crippen LogP contribution in [0.2, 0.25) is 0 Å². The number of carbonyl (C=O) groups excluding carboxylic acids is 2. The summed E-state index contributed by atoms with van der Waals surface area (Å²) in [4.78, 5) is 37.9. The molecule has 0 saturated heterocycles. The number of H-pyrrole nitrogens is 1. The number of rotatable bonds is 4. The van der Waals surface area contributed by atoms with Gasteiger partial charge in [0.15, 0.2) is 0 Å². The molecule has 1 aromatic heterocycles. The van der Waals surface area contributed by atoms with Gasteiger partial charge in [-0.1, -0.05) is 13.8 Å². The fourth-order valence-electron chi connectivity index (χ4n) is 1.67. The number of hydrogen-bond donors (Lipinski definition) is 2. The van der Waals surface area contributed by atoms with E-state index in [2.05, 4.69) is 10.3 Å². The first kappa shape index (κ1) is 16.9. The van der Waals surface area contributed by atoms with E-state index in [9.17, 15) is 14.4 Å². The molecule has 0 aliphatic carbocycles. The molecule has 21 heavy (non-hydrogen) atoms. The minimum atomic E-state index is -0.768. The Morgan fingerprint density at radius 1 is 1.29 bits per heavy atom. The monoisotopic (exact) mass is 294 g/mol. The molecular formula is C15H22N2O4. The summed E-state index contributed by atoms with van der Waals surface area (Å²) in [6.45, 7) is 8.92.